The Labute approximate surface area is 155 Å². The van der Waals surface area contributed by atoms with E-state index in [1.165, 1.54) is 7.05 Å². The van der Waals surface area contributed by atoms with Crippen molar-refractivity contribution >= 4 is 10.0 Å². The zero-order valence-electron chi connectivity index (χ0n) is 14.7. The first-order valence-corrected chi connectivity index (χ1v) is 9.63. The minimum atomic E-state index is -3.62. The Morgan fingerprint density at radius 2 is 1.35 bits per heavy atom. The first kappa shape index (κ1) is 17.8. The smallest absolute Gasteiger partial charge is 0.227 e. The predicted molar refractivity (Wildman–Crippen MR) is 105 cm³/mol. The van der Waals surface area contributed by atoms with Crippen molar-refractivity contribution in [1.29, 1.82) is 0 Å². The van der Waals surface area contributed by atoms with Crippen molar-refractivity contribution < 1.29 is 8.42 Å². The lowest BCUT2D eigenvalue weighted by Gasteiger charge is -2.12. The molecule has 0 spiro atoms. The van der Waals surface area contributed by atoms with E-state index in [2.05, 4.69) is 12.0 Å². The molecular formula is C22H19NO2S. The molecule has 0 saturated carbocycles. The van der Waals surface area contributed by atoms with Gasteiger partial charge in [0.2, 0.25) is 0 Å². The van der Waals surface area contributed by atoms with E-state index < -0.39 is 10.0 Å². The molecule has 130 valence electrons. The molecule has 0 unspecified atom stereocenters. The fraction of sp³-hybridized carbons (Fsp3) is 0.0909. The number of rotatable bonds is 3. The minimum absolute atomic E-state index is 0.235. The zero-order valence-corrected chi connectivity index (χ0v) is 15.5. The highest BCUT2D eigenvalue weighted by molar-refractivity contribution is 7.89. The number of sulfonamides is 1. The Bertz CT molecular complexity index is 1040. The topological polar surface area (TPSA) is 37.4 Å². The van der Waals surface area contributed by atoms with Crippen LogP contribution in [0.1, 0.15) is 11.1 Å². The van der Waals surface area contributed by atoms with Gasteiger partial charge in [-0.1, -0.05) is 60.2 Å². The lowest BCUT2D eigenvalue weighted by atomic mass is 10.0. The van der Waals surface area contributed by atoms with Crippen LogP contribution in [0.15, 0.2) is 83.8 Å². The van der Waals surface area contributed by atoms with E-state index in [-0.39, 0.29) is 4.90 Å². The molecule has 0 N–H and O–H groups in total. The van der Waals surface area contributed by atoms with Gasteiger partial charge in [-0.3, -0.25) is 0 Å². The summed E-state index contributed by atoms with van der Waals surface area (Å²) in [6, 6.07) is 27.2. The average molecular weight is 361 g/mol. The first-order valence-electron chi connectivity index (χ1n) is 8.19. The van der Waals surface area contributed by atoms with Crippen LogP contribution < -0.4 is 0 Å². The quantitative estimate of drug-likeness (QED) is 0.515. The molecule has 0 bridgehead atoms. The number of nitrogens with zero attached hydrogens (tertiary/aromatic N) is 1. The molecule has 3 aromatic rings. The maximum Gasteiger partial charge on any atom is 0.270 e. The molecule has 0 aliphatic heterocycles. The maximum absolute atomic E-state index is 12.5. The van der Waals surface area contributed by atoms with Crippen LogP contribution in [0.2, 0.25) is 0 Å². The van der Waals surface area contributed by atoms with E-state index in [1.54, 1.807) is 24.3 Å². The van der Waals surface area contributed by atoms with E-state index in [9.17, 15) is 8.42 Å². The van der Waals surface area contributed by atoms with Gasteiger partial charge in [-0.15, -0.1) is 0 Å². The molecule has 4 heteroatoms. The van der Waals surface area contributed by atoms with E-state index in [4.69, 9.17) is 0 Å². The molecule has 0 saturated heterocycles. The normalized spacial score (nSPS) is 10.7. The van der Waals surface area contributed by atoms with Gasteiger partial charge in [0.1, 0.15) is 0 Å². The van der Waals surface area contributed by atoms with Crippen LogP contribution in [0.25, 0.3) is 11.1 Å². The second kappa shape index (κ2) is 7.47. The highest BCUT2D eigenvalue weighted by atomic mass is 32.2. The Balaban J connectivity index is 1.79. The maximum atomic E-state index is 12.5. The van der Waals surface area contributed by atoms with E-state index in [1.807, 2.05) is 61.5 Å². The molecule has 0 atom stereocenters. The summed E-state index contributed by atoms with van der Waals surface area (Å²) in [7, 11) is -2.16. The molecule has 0 aliphatic rings. The van der Waals surface area contributed by atoms with Crippen molar-refractivity contribution in [2.24, 2.45) is 0 Å². The zero-order chi connectivity index (χ0) is 18.6. The minimum Gasteiger partial charge on any atom is -0.227 e. The molecule has 0 fully saturated rings. The number of hydrogen-bond acceptors (Lipinski definition) is 2. The standard InChI is InChI=1S/C22H19NO2S/c1-18-8-14-22(15-9-18)26(24,25)23(2)17-16-19-10-12-21(13-11-19)20-6-4-3-5-7-20/h3-15H,1-2H3. The van der Waals surface area contributed by atoms with Crippen LogP contribution in [0.3, 0.4) is 0 Å². The van der Waals surface area contributed by atoms with E-state index in [0.29, 0.717) is 0 Å². The van der Waals surface area contributed by atoms with Gasteiger partial charge in [-0.05, 0) is 48.2 Å². The Hall–Kier alpha value is -3.03. The third-order valence-corrected chi connectivity index (χ3v) is 5.71. The third-order valence-electron chi connectivity index (χ3n) is 4.03. The van der Waals surface area contributed by atoms with Crippen LogP contribution in [0.4, 0.5) is 0 Å². The van der Waals surface area contributed by atoms with Gasteiger partial charge in [0.15, 0.2) is 0 Å². The Morgan fingerprint density at radius 1 is 0.769 bits per heavy atom. The highest BCUT2D eigenvalue weighted by Gasteiger charge is 2.17. The van der Waals surface area contributed by atoms with Gasteiger partial charge in [0.25, 0.3) is 10.0 Å². The van der Waals surface area contributed by atoms with Crippen LogP contribution in [0.5, 0.6) is 0 Å². The lowest BCUT2D eigenvalue weighted by molar-refractivity contribution is 0.547. The van der Waals surface area contributed by atoms with Gasteiger partial charge in [0.05, 0.1) is 4.90 Å². The lowest BCUT2D eigenvalue weighted by Crippen LogP contribution is -2.22. The molecule has 3 rings (SSSR count). The molecule has 0 heterocycles. The predicted octanol–water partition coefficient (Wildman–Crippen LogP) is 4.29. The largest absolute Gasteiger partial charge is 0.270 e. The fourth-order valence-corrected chi connectivity index (χ4v) is 3.41. The van der Waals surface area contributed by atoms with Crippen LogP contribution in [-0.2, 0) is 10.0 Å². The highest BCUT2D eigenvalue weighted by Crippen LogP contribution is 2.19. The van der Waals surface area contributed by atoms with E-state index in [0.717, 1.165) is 26.6 Å². The third kappa shape index (κ3) is 3.96. The van der Waals surface area contributed by atoms with Crippen LogP contribution >= 0.6 is 0 Å². The first-order chi connectivity index (χ1) is 12.5. The average Bonchev–Trinajstić information content (AvgIpc) is 2.67. The summed E-state index contributed by atoms with van der Waals surface area (Å²) in [5.74, 6) is 2.91. The number of aryl methyl sites for hydroxylation is 1. The van der Waals surface area contributed by atoms with Crippen molar-refractivity contribution in [2.75, 3.05) is 7.05 Å². The SMILES string of the molecule is Cc1ccc(S(=O)(=O)N(C)C#Cc2ccc(-c3ccccc3)cc2)cc1. The van der Waals surface area contributed by atoms with Crippen molar-refractivity contribution in [3.8, 4) is 23.1 Å². The molecule has 0 aliphatic carbocycles. The molecular weight excluding hydrogens is 342 g/mol. The molecule has 0 amide bonds. The van der Waals surface area contributed by atoms with Gasteiger partial charge >= 0.3 is 0 Å². The van der Waals surface area contributed by atoms with Crippen molar-refractivity contribution in [1.82, 2.24) is 4.31 Å². The summed E-state index contributed by atoms with van der Waals surface area (Å²) < 4.78 is 26.1. The summed E-state index contributed by atoms with van der Waals surface area (Å²) in [6.45, 7) is 1.92. The molecule has 3 nitrogen and oxygen atoms in total. The van der Waals surface area contributed by atoms with Crippen molar-refractivity contribution in [2.45, 2.75) is 11.8 Å². The fourth-order valence-electron chi connectivity index (χ4n) is 2.45. The number of benzene rings is 3. The summed E-state index contributed by atoms with van der Waals surface area (Å²) >= 11 is 0. The summed E-state index contributed by atoms with van der Waals surface area (Å²) in [5, 5.41) is 0. The molecule has 26 heavy (non-hydrogen) atoms. The van der Waals surface area contributed by atoms with Crippen molar-refractivity contribution in [3.05, 3.63) is 90.0 Å². The van der Waals surface area contributed by atoms with Gasteiger partial charge in [-0.2, -0.15) is 0 Å². The second-order valence-electron chi connectivity index (χ2n) is 5.97. The number of hydrogen-bond donors (Lipinski definition) is 0. The second-order valence-corrected chi connectivity index (χ2v) is 7.94. The van der Waals surface area contributed by atoms with Gasteiger partial charge < -0.3 is 0 Å². The molecule has 0 aromatic heterocycles. The molecule has 3 aromatic carbocycles. The van der Waals surface area contributed by atoms with Gasteiger partial charge in [0, 0.05) is 18.7 Å². The Kier molecular flexibility index (Phi) is 5.11. The summed E-state index contributed by atoms with van der Waals surface area (Å²) in [4.78, 5) is 0.235. The van der Waals surface area contributed by atoms with Crippen LogP contribution in [-0.4, -0.2) is 19.8 Å². The Morgan fingerprint density at radius 3 is 1.96 bits per heavy atom. The van der Waals surface area contributed by atoms with Crippen LogP contribution in [0, 0.1) is 18.9 Å². The summed E-state index contributed by atoms with van der Waals surface area (Å²) in [5.41, 5.74) is 4.00. The van der Waals surface area contributed by atoms with E-state index >= 15 is 0 Å². The summed E-state index contributed by atoms with van der Waals surface area (Å²) in [6.07, 6.45) is 0. The van der Waals surface area contributed by atoms with Gasteiger partial charge in [-0.25, -0.2) is 12.7 Å². The molecule has 0 radical (unpaired) electrons. The van der Waals surface area contributed by atoms with Crippen molar-refractivity contribution in [3.63, 3.8) is 0 Å². The monoisotopic (exact) mass is 361 g/mol.